The van der Waals surface area contributed by atoms with E-state index in [0.29, 0.717) is 23.8 Å². The van der Waals surface area contributed by atoms with Crippen LogP contribution in [0.1, 0.15) is 66.8 Å². The monoisotopic (exact) mass is 440 g/mol. The number of thioether (sulfide) groups is 1. The Morgan fingerprint density at radius 2 is 1.90 bits per heavy atom. The predicted molar refractivity (Wildman–Crippen MR) is 123 cm³/mol. The topological polar surface area (TPSA) is 76.0 Å². The highest BCUT2D eigenvalue weighted by atomic mass is 32.2. The van der Waals surface area contributed by atoms with Gasteiger partial charge in [-0.25, -0.2) is 4.98 Å². The van der Waals surface area contributed by atoms with Gasteiger partial charge in [-0.05, 0) is 43.7 Å². The quantitative estimate of drug-likeness (QED) is 0.610. The molecular formula is C24H32N4O2S. The number of nitrogens with zero attached hydrogens (tertiary/aromatic N) is 2. The van der Waals surface area contributed by atoms with Crippen LogP contribution in [0.3, 0.4) is 0 Å². The van der Waals surface area contributed by atoms with Crippen molar-refractivity contribution in [3.63, 3.8) is 0 Å². The zero-order valence-corrected chi connectivity index (χ0v) is 18.9. The third kappa shape index (κ3) is 6.12. The summed E-state index contributed by atoms with van der Waals surface area (Å²) in [4.78, 5) is 30.6. The number of fused-ring (bicyclic) bond motifs is 1. The van der Waals surface area contributed by atoms with Crippen LogP contribution in [0.15, 0.2) is 35.4 Å². The van der Waals surface area contributed by atoms with Crippen molar-refractivity contribution in [3.8, 4) is 0 Å². The maximum atomic E-state index is 12.8. The fourth-order valence-electron chi connectivity index (χ4n) is 4.45. The van der Waals surface area contributed by atoms with E-state index in [-0.39, 0.29) is 11.8 Å². The van der Waals surface area contributed by atoms with Crippen LogP contribution < -0.4 is 10.6 Å². The van der Waals surface area contributed by atoms with Gasteiger partial charge in [0.25, 0.3) is 5.91 Å². The lowest BCUT2D eigenvalue weighted by Gasteiger charge is -2.21. The normalized spacial score (nSPS) is 16.5. The van der Waals surface area contributed by atoms with E-state index in [2.05, 4.69) is 20.2 Å². The first-order valence-corrected chi connectivity index (χ1v) is 12.5. The highest BCUT2D eigenvalue weighted by Gasteiger charge is 2.17. The summed E-state index contributed by atoms with van der Waals surface area (Å²) in [6.45, 7) is 2.20. The lowest BCUT2D eigenvalue weighted by Crippen LogP contribution is -2.31. The van der Waals surface area contributed by atoms with Gasteiger partial charge in [-0.2, -0.15) is 0 Å². The Labute approximate surface area is 188 Å². The molecule has 2 amide bonds. The molecule has 1 fully saturated rings. The molecule has 2 N–H and O–H groups in total. The second kappa shape index (κ2) is 10.8. The number of benzene rings is 1. The van der Waals surface area contributed by atoms with Crippen LogP contribution in [0.25, 0.3) is 0 Å². The molecule has 1 aromatic carbocycles. The number of aromatic nitrogens is 2. The van der Waals surface area contributed by atoms with Gasteiger partial charge in [-0.15, -0.1) is 11.8 Å². The first-order chi connectivity index (χ1) is 15.2. The maximum absolute atomic E-state index is 12.8. The Bertz CT molecular complexity index is 881. The summed E-state index contributed by atoms with van der Waals surface area (Å²) in [6, 6.07) is 7.49. The number of aryl methyl sites for hydroxylation is 2. The van der Waals surface area contributed by atoms with E-state index in [4.69, 9.17) is 0 Å². The van der Waals surface area contributed by atoms with Crippen LogP contribution in [-0.4, -0.2) is 33.7 Å². The number of nitrogens with one attached hydrogen (secondary N) is 2. The van der Waals surface area contributed by atoms with E-state index in [1.165, 1.54) is 56.7 Å². The lowest BCUT2D eigenvalue weighted by atomic mass is 9.89. The van der Waals surface area contributed by atoms with Crippen LogP contribution in [0.5, 0.6) is 0 Å². The van der Waals surface area contributed by atoms with Gasteiger partial charge in [0.1, 0.15) is 5.82 Å². The van der Waals surface area contributed by atoms with Gasteiger partial charge in [0.05, 0.1) is 23.6 Å². The predicted octanol–water partition coefficient (Wildman–Crippen LogP) is 3.94. The Hall–Kier alpha value is -2.28. The Morgan fingerprint density at radius 3 is 2.74 bits per heavy atom. The second-order valence-corrected chi connectivity index (χ2v) is 9.59. The minimum Gasteiger partial charge on any atom is -0.355 e. The molecule has 31 heavy (non-hydrogen) atoms. The van der Waals surface area contributed by atoms with Crippen molar-refractivity contribution >= 4 is 23.6 Å². The van der Waals surface area contributed by atoms with Gasteiger partial charge in [0.2, 0.25) is 5.91 Å². The number of amides is 2. The Balaban J connectivity index is 1.27. The van der Waals surface area contributed by atoms with Gasteiger partial charge in [0, 0.05) is 30.6 Å². The minimum atomic E-state index is -0.128. The Morgan fingerprint density at radius 1 is 1.06 bits per heavy atom. The third-order valence-corrected chi connectivity index (χ3v) is 7.27. The number of rotatable bonds is 8. The molecule has 7 heteroatoms. The number of hydrogen-bond acceptors (Lipinski definition) is 4. The summed E-state index contributed by atoms with van der Waals surface area (Å²) in [5.41, 5.74) is 1.51. The SMILES string of the molecule is O=C(CSc1ccccc1C(=O)NCc1cn2c(n1)CCCC2)NCC1CCCCC1. The van der Waals surface area contributed by atoms with Crippen molar-refractivity contribution in [2.45, 2.75) is 69.4 Å². The molecule has 2 aliphatic rings. The first kappa shape index (κ1) is 21.9. The average molecular weight is 441 g/mol. The molecule has 1 saturated carbocycles. The summed E-state index contributed by atoms with van der Waals surface area (Å²) >= 11 is 1.42. The summed E-state index contributed by atoms with van der Waals surface area (Å²) < 4.78 is 2.20. The minimum absolute atomic E-state index is 0.0365. The third-order valence-electron chi connectivity index (χ3n) is 6.19. The van der Waals surface area contributed by atoms with Crippen LogP contribution >= 0.6 is 11.8 Å². The summed E-state index contributed by atoms with van der Waals surface area (Å²) in [6.07, 6.45) is 11.7. The van der Waals surface area contributed by atoms with Crippen molar-refractivity contribution in [3.05, 3.63) is 47.5 Å². The molecule has 0 unspecified atom stereocenters. The lowest BCUT2D eigenvalue weighted by molar-refractivity contribution is -0.118. The van der Waals surface area contributed by atoms with Crippen molar-refractivity contribution in [1.82, 2.24) is 20.2 Å². The van der Waals surface area contributed by atoms with Crippen LogP contribution in [0, 0.1) is 5.92 Å². The van der Waals surface area contributed by atoms with E-state index in [1.54, 1.807) is 0 Å². The summed E-state index contributed by atoms with van der Waals surface area (Å²) in [7, 11) is 0. The number of carbonyl (C=O) groups is 2. The molecule has 6 nitrogen and oxygen atoms in total. The van der Waals surface area contributed by atoms with Crippen LogP contribution in [0.4, 0.5) is 0 Å². The fraction of sp³-hybridized carbons (Fsp3) is 0.542. The number of imidazole rings is 1. The average Bonchev–Trinajstić information content (AvgIpc) is 3.24. The molecule has 0 radical (unpaired) electrons. The van der Waals surface area contributed by atoms with Crippen molar-refractivity contribution < 1.29 is 9.59 Å². The van der Waals surface area contributed by atoms with Crippen molar-refractivity contribution in [2.75, 3.05) is 12.3 Å². The molecule has 0 spiro atoms. The van der Waals surface area contributed by atoms with E-state index >= 15 is 0 Å². The molecule has 4 rings (SSSR count). The number of carbonyl (C=O) groups excluding carboxylic acids is 2. The maximum Gasteiger partial charge on any atom is 0.252 e. The van der Waals surface area contributed by atoms with E-state index < -0.39 is 0 Å². The van der Waals surface area contributed by atoms with Gasteiger partial charge in [-0.1, -0.05) is 31.4 Å². The van der Waals surface area contributed by atoms with Crippen LogP contribution in [0.2, 0.25) is 0 Å². The zero-order valence-electron chi connectivity index (χ0n) is 18.1. The smallest absolute Gasteiger partial charge is 0.252 e. The molecule has 1 aromatic heterocycles. The van der Waals surface area contributed by atoms with Gasteiger partial charge >= 0.3 is 0 Å². The van der Waals surface area contributed by atoms with Crippen molar-refractivity contribution in [1.29, 1.82) is 0 Å². The first-order valence-electron chi connectivity index (χ1n) is 11.5. The second-order valence-electron chi connectivity index (χ2n) is 8.57. The molecule has 0 saturated heterocycles. The summed E-state index contributed by atoms with van der Waals surface area (Å²) in [5, 5.41) is 6.06. The van der Waals surface area contributed by atoms with Gasteiger partial charge < -0.3 is 15.2 Å². The zero-order chi connectivity index (χ0) is 21.5. The standard InChI is InChI=1S/C24H32N4O2S/c29-23(25-14-18-8-2-1-3-9-18)17-31-21-11-5-4-10-20(21)24(30)26-15-19-16-28-13-7-6-12-22(28)27-19/h4-5,10-11,16,18H,1-3,6-9,12-15,17H2,(H,25,29)(H,26,30). The highest BCUT2D eigenvalue weighted by molar-refractivity contribution is 8.00. The van der Waals surface area contributed by atoms with E-state index in [9.17, 15) is 9.59 Å². The molecule has 166 valence electrons. The number of hydrogen-bond donors (Lipinski definition) is 2. The molecular weight excluding hydrogens is 408 g/mol. The molecule has 1 aliphatic carbocycles. The van der Waals surface area contributed by atoms with E-state index in [1.807, 2.05) is 30.5 Å². The molecule has 0 atom stereocenters. The fourth-order valence-corrected chi connectivity index (χ4v) is 5.33. The van der Waals surface area contributed by atoms with Crippen LogP contribution in [-0.2, 0) is 24.3 Å². The summed E-state index contributed by atoms with van der Waals surface area (Å²) in [5.74, 6) is 1.97. The molecule has 1 aliphatic heterocycles. The van der Waals surface area contributed by atoms with Gasteiger partial charge in [0.15, 0.2) is 0 Å². The molecule has 0 bridgehead atoms. The van der Waals surface area contributed by atoms with Gasteiger partial charge in [-0.3, -0.25) is 9.59 Å². The Kier molecular flexibility index (Phi) is 7.67. The van der Waals surface area contributed by atoms with E-state index in [0.717, 1.165) is 35.9 Å². The van der Waals surface area contributed by atoms with Crippen molar-refractivity contribution in [2.24, 2.45) is 5.92 Å². The molecule has 2 heterocycles. The highest BCUT2D eigenvalue weighted by Crippen LogP contribution is 2.24. The largest absolute Gasteiger partial charge is 0.355 e. The molecule has 2 aromatic rings.